The molecule has 0 fully saturated rings. The van der Waals surface area contributed by atoms with Crippen molar-refractivity contribution >= 4 is 17.4 Å². The van der Waals surface area contributed by atoms with Crippen LogP contribution >= 0.6 is 0 Å². The topological polar surface area (TPSA) is 99.4 Å². The quantitative estimate of drug-likeness (QED) is 0.498. The molecular formula is C24H25FN4O3. The molecule has 0 spiro atoms. The van der Waals surface area contributed by atoms with Crippen LogP contribution in [0.3, 0.4) is 0 Å². The van der Waals surface area contributed by atoms with Crippen molar-refractivity contribution in [3.05, 3.63) is 65.0 Å². The lowest BCUT2D eigenvalue weighted by atomic mass is 10.0. The molecule has 0 saturated carbocycles. The van der Waals surface area contributed by atoms with Crippen LogP contribution in [0.4, 0.5) is 15.9 Å². The van der Waals surface area contributed by atoms with Crippen molar-refractivity contribution < 1.29 is 18.7 Å². The monoisotopic (exact) mass is 436 g/mol. The molecule has 3 N–H and O–H groups in total. The van der Waals surface area contributed by atoms with Gasteiger partial charge in [0.05, 0.1) is 18.7 Å². The number of aromatic nitrogens is 2. The molecule has 4 rings (SSSR count). The third-order valence-corrected chi connectivity index (χ3v) is 5.39. The Morgan fingerprint density at radius 3 is 2.72 bits per heavy atom. The molecule has 32 heavy (non-hydrogen) atoms. The number of benzene rings is 2. The summed E-state index contributed by atoms with van der Waals surface area (Å²) in [4.78, 5) is 11.1. The fourth-order valence-corrected chi connectivity index (χ4v) is 3.93. The Balaban J connectivity index is 1.64. The summed E-state index contributed by atoms with van der Waals surface area (Å²) >= 11 is 0. The van der Waals surface area contributed by atoms with Gasteiger partial charge in [0, 0.05) is 18.2 Å². The van der Waals surface area contributed by atoms with Crippen LogP contribution < -0.4 is 15.8 Å². The Bertz CT molecular complexity index is 1140. The summed E-state index contributed by atoms with van der Waals surface area (Å²) in [5.74, 6) is 0.291. The highest BCUT2D eigenvalue weighted by Crippen LogP contribution is 2.38. The Morgan fingerprint density at radius 1 is 1.12 bits per heavy atom. The van der Waals surface area contributed by atoms with Crippen LogP contribution in [-0.4, -0.2) is 36.4 Å². The molecule has 0 aliphatic heterocycles. The highest BCUT2D eigenvalue weighted by atomic mass is 19.1. The van der Waals surface area contributed by atoms with Gasteiger partial charge < -0.3 is 20.5 Å². The van der Waals surface area contributed by atoms with Gasteiger partial charge in [-0.25, -0.2) is 4.39 Å². The zero-order valence-corrected chi connectivity index (χ0v) is 17.9. The van der Waals surface area contributed by atoms with E-state index >= 15 is 0 Å². The summed E-state index contributed by atoms with van der Waals surface area (Å²) in [5.41, 5.74) is 9.78. The van der Waals surface area contributed by atoms with Crippen molar-refractivity contribution in [1.29, 1.82) is 0 Å². The van der Waals surface area contributed by atoms with E-state index in [2.05, 4.69) is 15.5 Å². The van der Waals surface area contributed by atoms with Crippen LogP contribution in [0.25, 0.3) is 11.3 Å². The van der Waals surface area contributed by atoms with E-state index in [0.717, 1.165) is 47.4 Å². The second-order valence-electron chi connectivity index (χ2n) is 7.63. The third kappa shape index (κ3) is 4.70. The molecule has 1 aliphatic rings. The van der Waals surface area contributed by atoms with E-state index in [1.54, 1.807) is 19.2 Å². The zero-order chi connectivity index (χ0) is 22.5. The summed E-state index contributed by atoms with van der Waals surface area (Å²) in [6, 6.07) is 12.3. The molecule has 0 unspecified atom stereocenters. The first kappa shape index (κ1) is 21.7. The summed E-state index contributed by atoms with van der Waals surface area (Å²) in [6.45, 7) is 0.929. The van der Waals surface area contributed by atoms with Crippen LogP contribution in [0.1, 0.15) is 23.1 Å². The summed E-state index contributed by atoms with van der Waals surface area (Å²) in [7, 11) is 1.63. The van der Waals surface area contributed by atoms with Gasteiger partial charge in [-0.2, -0.15) is 0 Å². The number of para-hydroxylation sites is 1. The van der Waals surface area contributed by atoms with Crippen molar-refractivity contribution in [1.82, 2.24) is 10.2 Å². The average Bonchev–Trinajstić information content (AvgIpc) is 3.26. The van der Waals surface area contributed by atoms with Crippen LogP contribution in [-0.2, 0) is 28.8 Å². The lowest BCUT2D eigenvalue weighted by Crippen LogP contribution is -2.13. The molecule has 166 valence electrons. The van der Waals surface area contributed by atoms with Crippen LogP contribution in [0, 0.1) is 5.82 Å². The largest absolute Gasteiger partial charge is 0.490 e. The Kier molecular flexibility index (Phi) is 6.61. The summed E-state index contributed by atoms with van der Waals surface area (Å²) in [5, 5.41) is 11.9. The van der Waals surface area contributed by atoms with E-state index < -0.39 is 11.7 Å². The number of primary amides is 1. The molecule has 0 bridgehead atoms. The smallest absolute Gasteiger partial charge is 0.221 e. The van der Waals surface area contributed by atoms with Gasteiger partial charge in [-0.05, 0) is 54.7 Å². The minimum absolute atomic E-state index is 0.00698. The first-order valence-electron chi connectivity index (χ1n) is 10.5. The van der Waals surface area contributed by atoms with Crippen LogP contribution in [0.2, 0.25) is 0 Å². The molecule has 0 saturated heterocycles. The van der Waals surface area contributed by atoms with E-state index in [4.69, 9.17) is 15.2 Å². The van der Waals surface area contributed by atoms with Crippen molar-refractivity contribution in [3.8, 4) is 17.0 Å². The number of carbonyl (C=O) groups excluding carboxylic acids is 1. The molecule has 1 aliphatic carbocycles. The molecule has 0 atom stereocenters. The Labute approximate surface area is 185 Å². The van der Waals surface area contributed by atoms with Crippen molar-refractivity contribution in [2.45, 2.75) is 25.7 Å². The molecular weight excluding hydrogens is 411 g/mol. The summed E-state index contributed by atoms with van der Waals surface area (Å²) in [6.07, 6.45) is 2.65. The number of methoxy groups -OCH3 is 1. The number of halogens is 1. The van der Waals surface area contributed by atoms with Gasteiger partial charge in [0.25, 0.3) is 0 Å². The second kappa shape index (κ2) is 9.74. The van der Waals surface area contributed by atoms with Gasteiger partial charge in [0.1, 0.15) is 23.9 Å². The molecule has 1 aromatic heterocycles. The molecule has 8 heteroatoms. The van der Waals surface area contributed by atoms with E-state index in [9.17, 15) is 9.18 Å². The fraction of sp³-hybridized carbons (Fsp3) is 0.292. The minimum atomic E-state index is -0.504. The zero-order valence-electron chi connectivity index (χ0n) is 17.9. The predicted molar refractivity (Wildman–Crippen MR) is 119 cm³/mol. The van der Waals surface area contributed by atoms with Crippen molar-refractivity contribution in [3.63, 3.8) is 0 Å². The number of nitrogens with one attached hydrogen (secondary N) is 1. The maximum atomic E-state index is 14.6. The number of nitrogens with zero attached hydrogens (tertiary/aromatic N) is 2. The fourth-order valence-electron chi connectivity index (χ4n) is 3.93. The third-order valence-electron chi connectivity index (χ3n) is 5.39. The van der Waals surface area contributed by atoms with E-state index in [-0.39, 0.29) is 12.1 Å². The predicted octanol–water partition coefficient (Wildman–Crippen LogP) is 3.57. The maximum Gasteiger partial charge on any atom is 0.221 e. The van der Waals surface area contributed by atoms with Gasteiger partial charge in [-0.3, -0.25) is 4.79 Å². The molecule has 3 aromatic rings. The average molecular weight is 436 g/mol. The highest BCUT2D eigenvalue weighted by molar-refractivity contribution is 5.77. The first-order chi connectivity index (χ1) is 15.6. The number of nitrogens with two attached hydrogens (primary N) is 1. The highest BCUT2D eigenvalue weighted by Gasteiger charge is 2.24. The number of fused-ring (bicyclic) bond motifs is 1. The number of carbonyl (C=O) groups is 1. The molecule has 7 nitrogen and oxygen atoms in total. The van der Waals surface area contributed by atoms with E-state index in [0.29, 0.717) is 24.6 Å². The lowest BCUT2D eigenvalue weighted by molar-refractivity contribution is -0.117. The number of hydrogen-bond donors (Lipinski definition) is 2. The van der Waals surface area contributed by atoms with Crippen molar-refractivity contribution in [2.24, 2.45) is 5.73 Å². The lowest BCUT2D eigenvalue weighted by Gasteiger charge is -2.16. The number of rotatable bonds is 9. The standard InChI is InChI=1S/C24H25FN4O3/c1-31-11-12-32-21-8-3-2-5-18(21)23-16-6-4-7-17(16)24(29-28-23)27-20-10-9-15(13-19(20)25)14-22(26)30/h2-3,5,8-10,13H,4,6-7,11-12,14H2,1H3,(H2,26,30)(H,27,29). The van der Waals surface area contributed by atoms with Gasteiger partial charge >= 0.3 is 0 Å². The maximum absolute atomic E-state index is 14.6. The number of amides is 1. The number of ether oxygens (including phenoxy) is 2. The number of anilines is 2. The van der Waals surface area contributed by atoms with Gasteiger partial charge in [-0.1, -0.05) is 18.2 Å². The van der Waals surface area contributed by atoms with Gasteiger partial charge in [-0.15, -0.1) is 10.2 Å². The minimum Gasteiger partial charge on any atom is -0.490 e. The Hall–Kier alpha value is -3.52. The molecule has 0 radical (unpaired) electrons. The normalized spacial score (nSPS) is 12.4. The first-order valence-corrected chi connectivity index (χ1v) is 10.5. The number of hydrogen-bond acceptors (Lipinski definition) is 6. The van der Waals surface area contributed by atoms with E-state index in [1.807, 2.05) is 24.3 Å². The second-order valence-corrected chi connectivity index (χ2v) is 7.63. The summed E-state index contributed by atoms with van der Waals surface area (Å²) < 4.78 is 25.6. The molecule has 1 amide bonds. The SMILES string of the molecule is COCCOc1ccccc1-c1nnc(Nc2ccc(CC(N)=O)cc2F)c2c1CCC2. The van der Waals surface area contributed by atoms with Crippen LogP contribution in [0.15, 0.2) is 42.5 Å². The molecule has 1 heterocycles. The molecule has 2 aromatic carbocycles. The van der Waals surface area contributed by atoms with E-state index in [1.165, 1.54) is 6.07 Å². The van der Waals surface area contributed by atoms with Gasteiger partial charge in [0.2, 0.25) is 5.91 Å². The van der Waals surface area contributed by atoms with Gasteiger partial charge in [0.15, 0.2) is 5.82 Å². The van der Waals surface area contributed by atoms with Crippen LogP contribution in [0.5, 0.6) is 5.75 Å². The Morgan fingerprint density at radius 2 is 1.94 bits per heavy atom. The van der Waals surface area contributed by atoms with Crippen molar-refractivity contribution in [2.75, 3.05) is 25.6 Å².